The van der Waals surface area contributed by atoms with Crippen LogP contribution in [0.5, 0.6) is 5.75 Å². The number of carbonyl (C=O) groups excluding carboxylic acids is 1. The van der Waals surface area contributed by atoms with Gasteiger partial charge in [0.15, 0.2) is 0 Å². The summed E-state index contributed by atoms with van der Waals surface area (Å²) in [6.07, 6.45) is 0.388. The summed E-state index contributed by atoms with van der Waals surface area (Å²) in [5.74, 6) is 0.351. The van der Waals surface area contributed by atoms with Crippen LogP contribution in [0.3, 0.4) is 0 Å². The molecule has 0 saturated heterocycles. The van der Waals surface area contributed by atoms with E-state index in [1.165, 1.54) is 0 Å². The van der Waals surface area contributed by atoms with Gasteiger partial charge in [-0.05, 0) is 17.7 Å². The molecule has 0 heterocycles. The summed E-state index contributed by atoms with van der Waals surface area (Å²) in [5.41, 5.74) is 6.44. The predicted molar refractivity (Wildman–Crippen MR) is 57.5 cm³/mol. The number of hydrogen-bond acceptors (Lipinski definition) is 3. The standard InChI is InChI=1S/C10H13NO2.ClH/c1-2-10(12)13-9-5-3-8(7-11)4-6-9;/h3-6H,2,7,11H2,1H3;1H. The summed E-state index contributed by atoms with van der Waals surface area (Å²) in [6, 6.07) is 7.18. The highest BCUT2D eigenvalue weighted by Crippen LogP contribution is 2.12. The fourth-order valence-corrected chi connectivity index (χ4v) is 0.897. The summed E-state index contributed by atoms with van der Waals surface area (Å²) in [5, 5.41) is 0. The van der Waals surface area contributed by atoms with Gasteiger partial charge in [0.05, 0.1) is 0 Å². The Balaban J connectivity index is 0.00000169. The second-order valence-electron chi connectivity index (χ2n) is 2.68. The molecule has 1 aromatic rings. The molecule has 2 N–H and O–H groups in total. The van der Waals surface area contributed by atoms with Gasteiger partial charge >= 0.3 is 5.97 Å². The highest BCUT2D eigenvalue weighted by Gasteiger charge is 2.00. The summed E-state index contributed by atoms with van der Waals surface area (Å²) < 4.78 is 4.98. The van der Waals surface area contributed by atoms with Crippen LogP contribution in [-0.2, 0) is 11.3 Å². The van der Waals surface area contributed by atoms with Gasteiger partial charge < -0.3 is 10.5 Å². The third kappa shape index (κ3) is 3.77. The summed E-state index contributed by atoms with van der Waals surface area (Å²) in [6.45, 7) is 2.26. The molecule has 0 saturated carbocycles. The van der Waals surface area contributed by atoms with Gasteiger partial charge in [-0.2, -0.15) is 0 Å². The van der Waals surface area contributed by atoms with Crippen LogP contribution in [0.1, 0.15) is 18.9 Å². The van der Waals surface area contributed by atoms with E-state index in [4.69, 9.17) is 10.5 Å². The molecule has 0 radical (unpaired) electrons. The molecular formula is C10H14ClNO2. The molecule has 0 amide bonds. The molecule has 1 aromatic carbocycles. The minimum atomic E-state index is -0.222. The highest BCUT2D eigenvalue weighted by atomic mass is 35.5. The van der Waals surface area contributed by atoms with Crippen LogP contribution >= 0.6 is 12.4 Å². The number of halogens is 1. The number of ether oxygens (including phenoxy) is 1. The molecule has 0 fully saturated rings. The van der Waals surface area contributed by atoms with Crippen molar-refractivity contribution in [2.24, 2.45) is 5.73 Å². The van der Waals surface area contributed by atoms with Crippen LogP contribution < -0.4 is 10.5 Å². The van der Waals surface area contributed by atoms with Crippen molar-refractivity contribution < 1.29 is 9.53 Å². The monoisotopic (exact) mass is 215 g/mol. The molecule has 78 valence electrons. The van der Waals surface area contributed by atoms with Crippen LogP contribution in [-0.4, -0.2) is 5.97 Å². The van der Waals surface area contributed by atoms with Gasteiger partial charge in [-0.3, -0.25) is 4.79 Å². The summed E-state index contributed by atoms with van der Waals surface area (Å²) in [7, 11) is 0. The Bertz CT molecular complexity index is 285. The number of esters is 1. The lowest BCUT2D eigenvalue weighted by Crippen LogP contribution is -2.05. The van der Waals surface area contributed by atoms with Gasteiger partial charge in [-0.25, -0.2) is 0 Å². The number of hydrogen-bond donors (Lipinski definition) is 1. The average Bonchev–Trinajstić information content (AvgIpc) is 2.19. The minimum Gasteiger partial charge on any atom is -0.427 e. The number of carbonyl (C=O) groups is 1. The maximum Gasteiger partial charge on any atom is 0.310 e. The molecule has 0 aliphatic rings. The van der Waals surface area contributed by atoms with Crippen molar-refractivity contribution in [3.63, 3.8) is 0 Å². The third-order valence-electron chi connectivity index (χ3n) is 1.68. The molecule has 14 heavy (non-hydrogen) atoms. The summed E-state index contributed by atoms with van der Waals surface area (Å²) >= 11 is 0. The first-order valence-corrected chi connectivity index (χ1v) is 4.26. The van der Waals surface area contributed by atoms with E-state index in [1.54, 1.807) is 19.1 Å². The highest BCUT2D eigenvalue weighted by molar-refractivity contribution is 5.85. The second kappa shape index (κ2) is 6.40. The van der Waals surface area contributed by atoms with Crippen molar-refractivity contribution in [2.75, 3.05) is 0 Å². The van der Waals surface area contributed by atoms with E-state index in [0.29, 0.717) is 18.7 Å². The number of rotatable bonds is 3. The predicted octanol–water partition coefficient (Wildman–Crippen LogP) is 1.88. The first kappa shape index (κ1) is 12.9. The molecule has 0 aliphatic heterocycles. The van der Waals surface area contributed by atoms with Crippen LogP contribution in [0.2, 0.25) is 0 Å². The van der Waals surface area contributed by atoms with Gasteiger partial charge in [0, 0.05) is 13.0 Å². The van der Waals surface area contributed by atoms with E-state index in [-0.39, 0.29) is 18.4 Å². The molecule has 0 unspecified atom stereocenters. The summed E-state index contributed by atoms with van der Waals surface area (Å²) in [4.78, 5) is 10.9. The molecule has 0 bridgehead atoms. The Labute approximate surface area is 89.7 Å². The van der Waals surface area contributed by atoms with E-state index in [1.807, 2.05) is 12.1 Å². The SMILES string of the molecule is CCC(=O)Oc1ccc(CN)cc1.Cl. The maximum absolute atomic E-state index is 10.9. The lowest BCUT2D eigenvalue weighted by Gasteiger charge is -2.02. The van der Waals surface area contributed by atoms with Crippen molar-refractivity contribution in [3.8, 4) is 5.75 Å². The van der Waals surface area contributed by atoms with E-state index in [2.05, 4.69) is 0 Å². The maximum atomic E-state index is 10.9. The van der Waals surface area contributed by atoms with Crippen LogP contribution in [0, 0.1) is 0 Å². The van der Waals surface area contributed by atoms with Gasteiger partial charge in [0.2, 0.25) is 0 Å². The van der Waals surface area contributed by atoms with Gasteiger partial charge in [-0.1, -0.05) is 19.1 Å². The van der Waals surface area contributed by atoms with Crippen molar-refractivity contribution >= 4 is 18.4 Å². The van der Waals surface area contributed by atoms with E-state index in [9.17, 15) is 4.79 Å². The smallest absolute Gasteiger partial charge is 0.310 e. The lowest BCUT2D eigenvalue weighted by atomic mass is 10.2. The van der Waals surface area contributed by atoms with Crippen molar-refractivity contribution in [1.29, 1.82) is 0 Å². The first-order valence-electron chi connectivity index (χ1n) is 4.26. The Morgan fingerprint density at radius 3 is 2.36 bits per heavy atom. The normalized spacial score (nSPS) is 9.00. The quantitative estimate of drug-likeness (QED) is 0.619. The van der Waals surface area contributed by atoms with Crippen molar-refractivity contribution in [2.45, 2.75) is 19.9 Å². The zero-order chi connectivity index (χ0) is 9.68. The molecular weight excluding hydrogens is 202 g/mol. The molecule has 0 aliphatic carbocycles. The zero-order valence-electron chi connectivity index (χ0n) is 8.03. The third-order valence-corrected chi connectivity index (χ3v) is 1.68. The fourth-order valence-electron chi connectivity index (χ4n) is 0.897. The van der Waals surface area contributed by atoms with E-state index in [0.717, 1.165) is 5.56 Å². The van der Waals surface area contributed by atoms with Crippen molar-refractivity contribution in [1.82, 2.24) is 0 Å². The van der Waals surface area contributed by atoms with Gasteiger partial charge in [0.25, 0.3) is 0 Å². The Kier molecular flexibility index (Phi) is 5.92. The van der Waals surface area contributed by atoms with E-state index >= 15 is 0 Å². The number of nitrogens with two attached hydrogens (primary N) is 1. The molecule has 4 heteroatoms. The molecule has 0 spiro atoms. The Morgan fingerprint density at radius 2 is 1.93 bits per heavy atom. The van der Waals surface area contributed by atoms with Crippen LogP contribution in [0.4, 0.5) is 0 Å². The number of benzene rings is 1. The van der Waals surface area contributed by atoms with Crippen LogP contribution in [0.15, 0.2) is 24.3 Å². The molecule has 0 atom stereocenters. The zero-order valence-corrected chi connectivity index (χ0v) is 8.84. The second-order valence-corrected chi connectivity index (χ2v) is 2.68. The molecule has 3 nitrogen and oxygen atoms in total. The Morgan fingerprint density at radius 1 is 1.36 bits per heavy atom. The minimum absolute atomic E-state index is 0. The van der Waals surface area contributed by atoms with Crippen LogP contribution in [0.25, 0.3) is 0 Å². The van der Waals surface area contributed by atoms with Gasteiger partial charge in [-0.15, -0.1) is 12.4 Å². The average molecular weight is 216 g/mol. The first-order chi connectivity index (χ1) is 6.26. The molecule has 1 rings (SSSR count). The topological polar surface area (TPSA) is 52.3 Å². The van der Waals surface area contributed by atoms with E-state index < -0.39 is 0 Å². The lowest BCUT2D eigenvalue weighted by molar-refractivity contribution is -0.134. The fraction of sp³-hybridized carbons (Fsp3) is 0.300. The Hall–Kier alpha value is -1.06. The largest absolute Gasteiger partial charge is 0.427 e. The van der Waals surface area contributed by atoms with Gasteiger partial charge in [0.1, 0.15) is 5.75 Å². The molecule has 0 aromatic heterocycles. The van der Waals surface area contributed by atoms with Crippen molar-refractivity contribution in [3.05, 3.63) is 29.8 Å².